The zero-order valence-electron chi connectivity index (χ0n) is 29.4. The molecule has 5 aromatic carbocycles. The zero-order chi connectivity index (χ0) is 38.2. The molecule has 2 aliphatic carbocycles. The Kier molecular flexibility index (Phi) is 8.27. The van der Waals surface area contributed by atoms with Gasteiger partial charge in [0.1, 0.15) is 17.3 Å². The second kappa shape index (κ2) is 13.1. The molecule has 0 spiro atoms. The summed E-state index contributed by atoms with van der Waals surface area (Å²) in [6, 6.07) is 29.6. The molecule has 3 N–H and O–H groups in total. The molecular weight excluding hydrogens is 721 g/mol. The number of likely N-dealkylation sites (tertiary alicyclic amines) is 1. The van der Waals surface area contributed by atoms with Gasteiger partial charge in [-0.15, -0.1) is 0 Å². The van der Waals surface area contributed by atoms with Crippen LogP contribution in [-0.2, 0) is 31.0 Å². The molecule has 6 unspecified atom stereocenters. The molecule has 0 aromatic heterocycles. The first-order valence-corrected chi connectivity index (χ1v) is 18.7. The van der Waals surface area contributed by atoms with Crippen LogP contribution >= 0.6 is 11.6 Å². The minimum atomic E-state index is -1.63. The van der Waals surface area contributed by atoms with Gasteiger partial charge in [-0.2, -0.15) is 5.01 Å². The van der Waals surface area contributed by atoms with Crippen molar-refractivity contribution in [3.05, 3.63) is 148 Å². The molecule has 2 saturated heterocycles. The van der Waals surface area contributed by atoms with Crippen molar-refractivity contribution >= 4 is 51.7 Å². The lowest BCUT2D eigenvalue weighted by atomic mass is 9.48. The number of hydrogen-bond acceptors (Lipinski definition) is 7. The maximum Gasteiger partial charge on any atom is 0.260 e. The number of amides is 4. The monoisotopic (exact) mass is 755 g/mol. The molecule has 0 bridgehead atoms. The number of anilines is 1. The van der Waals surface area contributed by atoms with Gasteiger partial charge in [0.15, 0.2) is 0 Å². The number of rotatable bonds is 7. The number of benzene rings is 5. The highest BCUT2D eigenvalue weighted by Crippen LogP contribution is 2.65. The van der Waals surface area contributed by atoms with Gasteiger partial charge in [0.2, 0.25) is 11.8 Å². The molecule has 4 aliphatic rings. The summed E-state index contributed by atoms with van der Waals surface area (Å²) in [5, 5.41) is 24.6. The Bertz CT molecular complexity index is 2440. The average Bonchev–Trinajstić information content (AvgIpc) is 3.56. The first kappa shape index (κ1) is 34.7. The average molecular weight is 756 g/mol. The molecule has 0 radical (unpaired) electrons. The summed E-state index contributed by atoms with van der Waals surface area (Å²) in [6.07, 6.45) is 2.66. The molecule has 276 valence electrons. The van der Waals surface area contributed by atoms with E-state index < -0.39 is 52.6 Å². The van der Waals surface area contributed by atoms with Crippen LogP contribution in [0.2, 0.25) is 5.02 Å². The van der Waals surface area contributed by atoms with Gasteiger partial charge in [-0.05, 0) is 102 Å². The SMILES string of the molecule is O=C1C2CC=C3C(CC4C(=O)N(Nc5ccc(F)cc5)C(=O)C4(c4ccc(Cl)cc4)C3c3c(O)ccc4ccccc34)C2C(=O)N1CCc1ccc(O)cc1. The van der Waals surface area contributed by atoms with Crippen molar-refractivity contribution in [1.29, 1.82) is 0 Å². The maximum absolute atomic E-state index is 15.5. The van der Waals surface area contributed by atoms with Crippen molar-refractivity contribution in [2.45, 2.75) is 30.6 Å². The van der Waals surface area contributed by atoms with E-state index in [-0.39, 0.29) is 42.7 Å². The zero-order valence-corrected chi connectivity index (χ0v) is 30.1. The van der Waals surface area contributed by atoms with Gasteiger partial charge in [-0.1, -0.05) is 77.8 Å². The fraction of sp³-hybridized carbons (Fsp3) is 0.227. The molecular formula is C44H35ClFN3O6. The van der Waals surface area contributed by atoms with Gasteiger partial charge in [-0.25, -0.2) is 4.39 Å². The largest absolute Gasteiger partial charge is 0.508 e. The van der Waals surface area contributed by atoms with Gasteiger partial charge in [0, 0.05) is 23.0 Å². The highest BCUT2D eigenvalue weighted by molar-refractivity contribution is 6.30. The van der Waals surface area contributed by atoms with E-state index >= 15 is 4.79 Å². The summed E-state index contributed by atoms with van der Waals surface area (Å²) < 4.78 is 13.9. The molecule has 9 nitrogen and oxygen atoms in total. The summed E-state index contributed by atoms with van der Waals surface area (Å²) in [6.45, 7) is 0.149. The van der Waals surface area contributed by atoms with Crippen LogP contribution in [0.25, 0.3) is 10.8 Å². The fourth-order valence-electron chi connectivity index (χ4n) is 9.75. The fourth-order valence-corrected chi connectivity index (χ4v) is 9.87. The first-order chi connectivity index (χ1) is 26.6. The second-order valence-electron chi connectivity index (χ2n) is 14.8. The second-order valence-corrected chi connectivity index (χ2v) is 15.3. The van der Waals surface area contributed by atoms with Crippen LogP contribution < -0.4 is 5.43 Å². The molecule has 6 atom stereocenters. The molecule has 1 saturated carbocycles. The van der Waals surface area contributed by atoms with Crippen LogP contribution in [0.4, 0.5) is 10.1 Å². The van der Waals surface area contributed by atoms with E-state index in [2.05, 4.69) is 5.43 Å². The van der Waals surface area contributed by atoms with Gasteiger partial charge in [-0.3, -0.25) is 29.5 Å². The van der Waals surface area contributed by atoms with Crippen molar-refractivity contribution in [3.8, 4) is 11.5 Å². The van der Waals surface area contributed by atoms with Crippen LogP contribution in [0.1, 0.15) is 35.4 Å². The van der Waals surface area contributed by atoms with Crippen LogP contribution in [-0.4, -0.2) is 50.3 Å². The number of phenols is 2. The van der Waals surface area contributed by atoms with Crippen molar-refractivity contribution in [3.63, 3.8) is 0 Å². The number of nitrogens with one attached hydrogen (secondary N) is 1. The van der Waals surface area contributed by atoms with Gasteiger partial charge in [0.25, 0.3) is 11.8 Å². The number of halogens is 2. The van der Waals surface area contributed by atoms with E-state index in [0.29, 0.717) is 39.2 Å². The Morgan fingerprint density at radius 3 is 2.27 bits per heavy atom. The van der Waals surface area contributed by atoms with Crippen LogP contribution in [0, 0.1) is 29.5 Å². The van der Waals surface area contributed by atoms with Crippen LogP contribution in [0.3, 0.4) is 0 Å². The van der Waals surface area contributed by atoms with E-state index in [1.807, 2.05) is 30.3 Å². The van der Waals surface area contributed by atoms with Gasteiger partial charge in [0.05, 0.1) is 28.9 Å². The van der Waals surface area contributed by atoms with Crippen molar-refractivity contribution in [2.24, 2.45) is 23.7 Å². The minimum Gasteiger partial charge on any atom is -0.508 e. The molecule has 2 aliphatic heterocycles. The molecule has 9 rings (SSSR count). The number of aromatic hydroxyl groups is 2. The molecule has 55 heavy (non-hydrogen) atoms. The summed E-state index contributed by atoms with van der Waals surface area (Å²) >= 11 is 6.41. The number of nitrogens with zero attached hydrogens (tertiary/aromatic N) is 2. The lowest BCUT2D eigenvalue weighted by Crippen LogP contribution is -2.53. The summed E-state index contributed by atoms with van der Waals surface area (Å²) in [5.41, 5.74) is 4.16. The van der Waals surface area contributed by atoms with Gasteiger partial charge < -0.3 is 10.2 Å². The number of carbonyl (C=O) groups excluding carboxylic acids is 4. The number of fused-ring (bicyclic) bond motifs is 5. The number of hydrogen-bond donors (Lipinski definition) is 3. The lowest BCUT2D eigenvalue weighted by Gasteiger charge is -2.51. The summed E-state index contributed by atoms with van der Waals surface area (Å²) in [4.78, 5) is 60.3. The third kappa shape index (κ3) is 5.33. The van der Waals surface area contributed by atoms with Crippen molar-refractivity contribution < 1.29 is 33.8 Å². The standard InChI is InChI=1S/C44H35ClFN3O6/c45-27-10-8-26(9-11-27)44-35(41(53)49(43(44)55)47-29-14-12-28(46)13-15-29)23-34-32(39(44)38-31-4-2-1-3-25(31)7-20-36(38)51)18-19-33-37(34)42(54)48(40(33)52)22-21-24-5-16-30(50)17-6-24/h1-18,20,33-35,37,39,47,50-51H,19,21-23H2. The highest BCUT2D eigenvalue weighted by Gasteiger charge is 2.70. The summed E-state index contributed by atoms with van der Waals surface area (Å²) in [5.74, 6) is -6.25. The quantitative estimate of drug-likeness (QED) is 0.118. The lowest BCUT2D eigenvalue weighted by molar-refractivity contribution is -0.141. The highest BCUT2D eigenvalue weighted by atomic mass is 35.5. The number of hydrazine groups is 1. The smallest absolute Gasteiger partial charge is 0.260 e. The van der Waals surface area contributed by atoms with E-state index in [1.54, 1.807) is 60.7 Å². The van der Waals surface area contributed by atoms with E-state index in [1.165, 1.54) is 29.2 Å². The van der Waals surface area contributed by atoms with Gasteiger partial charge >= 0.3 is 0 Å². The molecule has 3 fully saturated rings. The minimum absolute atomic E-state index is 0.0750. The van der Waals surface area contributed by atoms with Crippen LogP contribution in [0.5, 0.6) is 11.5 Å². The normalized spacial score (nSPS) is 25.9. The molecule has 11 heteroatoms. The van der Waals surface area contributed by atoms with Crippen LogP contribution in [0.15, 0.2) is 121 Å². The van der Waals surface area contributed by atoms with Crippen molar-refractivity contribution in [1.82, 2.24) is 9.91 Å². The third-order valence-electron chi connectivity index (χ3n) is 12.1. The first-order valence-electron chi connectivity index (χ1n) is 18.3. The molecule has 5 aromatic rings. The molecule has 4 amide bonds. The molecule has 2 heterocycles. The Morgan fingerprint density at radius 1 is 0.800 bits per heavy atom. The Labute approximate surface area is 320 Å². The predicted octanol–water partition coefficient (Wildman–Crippen LogP) is 7.27. The van der Waals surface area contributed by atoms with E-state index in [4.69, 9.17) is 11.6 Å². The van der Waals surface area contributed by atoms with E-state index in [0.717, 1.165) is 16.0 Å². The Hall–Kier alpha value is -6.00. The van der Waals surface area contributed by atoms with Crippen molar-refractivity contribution in [2.75, 3.05) is 12.0 Å². The summed E-state index contributed by atoms with van der Waals surface area (Å²) in [7, 11) is 0. The topological polar surface area (TPSA) is 127 Å². The number of allylic oxidation sites excluding steroid dienone is 2. The Morgan fingerprint density at radius 2 is 1.53 bits per heavy atom. The Balaban J connectivity index is 1.22. The maximum atomic E-state index is 15.5. The number of carbonyl (C=O) groups is 4. The predicted molar refractivity (Wildman–Crippen MR) is 203 cm³/mol. The number of phenolic OH excluding ortho intramolecular Hbond substituents is 2. The number of imide groups is 2. The third-order valence-corrected chi connectivity index (χ3v) is 12.4. The van der Waals surface area contributed by atoms with E-state index in [9.17, 15) is 29.0 Å².